The highest BCUT2D eigenvalue weighted by Gasteiger charge is 2.19. The number of halogens is 1. The van der Waals surface area contributed by atoms with Crippen molar-refractivity contribution in [2.45, 2.75) is 45.1 Å². The minimum absolute atomic E-state index is 0.0678. The van der Waals surface area contributed by atoms with E-state index >= 15 is 0 Å². The third kappa shape index (κ3) is 8.37. The number of unbranched alkanes of at least 4 members (excludes halogenated alkanes) is 1. The van der Waals surface area contributed by atoms with Crippen LogP contribution in [0, 0.1) is 0 Å². The van der Waals surface area contributed by atoms with Gasteiger partial charge >= 0.3 is 5.97 Å². The average molecular weight is 474 g/mol. The molecule has 0 aliphatic heterocycles. The Hall–Kier alpha value is -2.67. The van der Waals surface area contributed by atoms with Gasteiger partial charge in [-0.05, 0) is 55.0 Å². The van der Waals surface area contributed by atoms with Crippen molar-refractivity contribution in [3.8, 4) is 0 Å². The summed E-state index contributed by atoms with van der Waals surface area (Å²) in [4.78, 5) is 24.4. The summed E-state index contributed by atoms with van der Waals surface area (Å²) in [6.07, 6.45) is 4.69. The molecule has 1 unspecified atom stereocenters. The molecule has 0 aliphatic rings. The van der Waals surface area contributed by atoms with Crippen LogP contribution in [0.4, 0.5) is 0 Å². The molecule has 0 radical (unpaired) electrons. The maximum Gasteiger partial charge on any atom is 0.308 e. The average Bonchev–Trinajstić information content (AvgIpc) is 2.73. The van der Waals surface area contributed by atoms with Gasteiger partial charge in [0.25, 0.3) is 0 Å². The molecule has 0 heterocycles. The van der Waals surface area contributed by atoms with Gasteiger partial charge in [-0.25, -0.2) is 0 Å². The van der Waals surface area contributed by atoms with Crippen LogP contribution in [0.15, 0.2) is 58.1 Å². The Bertz CT molecular complexity index is 836. The van der Waals surface area contributed by atoms with E-state index in [9.17, 15) is 9.59 Å². The first kappa shape index (κ1) is 23.6. The Labute approximate surface area is 186 Å². The van der Waals surface area contributed by atoms with E-state index in [1.165, 1.54) is 5.56 Å². The zero-order valence-electron chi connectivity index (χ0n) is 17.1. The topological polar surface area (TPSA) is 93.8 Å². The number of nitrogens with zero attached hydrogens (tertiary/aromatic N) is 1. The maximum absolute atomic E-state index is 12.5. The van der Waals surface area contributed by atoms with Gasteiger partial charge in [-0.2, -0.15) is 5.10 Å². The summed E-state index contributed by atoms with van der Waals surface area (Å²) in [7, 11) is 0. The van der Waals surface area contributed by atoms with E-state index in [0.717, 1.165) is 34.9 Å². The van der Waals surface area contributed by atoms with Crippen LogP contribution in [0.5, 0.6) is 0 Å². The molecule has 1 amide bonds. The molecule has 30 heavy (non-hydrogen) atoms. The molecule has 2 aromatic carbocycles. The van der Waals surface area contributed by atoms with E-state index in [4.69, 9.17) is 10.6 Å². The summed E-state index contributed by atoms with van der Waals surface area (Å²) >= 11 is 3.40. The van der Waals surface area contributed by atoms with Gasteiger partial charge in [-0.15, -0.1) is 0 Å². The predicted octanol–water partition coefficient (Wildman–Crippen LogP) is 4.27. The molecule has 0 saturated heterocycles. The molecular formula is C23H28BrN3O3. The maximum atomic E-state index is 12.5. The number of amides is 1. The number of carbonyl (C=O) groups excluding carboxylic acids is 2. The smallest absolute Gasteiger partial charge is 0.308 e. The van der Waals surface area contributed by atoms with Crippen molar-refractivity contribution in [1.82, 2.24) is 5.32 Å². The lowest BCUT2D eigenvalue weighted by Gasteiger charge is -2.19. The molecule has 0 aliphatic carbocycles. The molecule has 7 heteroatoms. The van der Waals surface area contributed by atoms with Crippen LogP contribution in [-0.2, 0) is 20.7 Å². The van der Waals surface area contributed by atoms with Crippen LogP contribution >= 0.6 is 15.9 Å². The van der Waals surface area contributed by atoms with Crippen LogP contribution in [0.2, 0.25) is 0 Å². The minimum Gasteiger partial charge on any atom is -0.466 e. The second kappa shape index (κ2) is 12.8. The molecule has 2 rings (SSSR count). The van der Waals surface area contributed by atoms with Gasteiger partial charge in [0.15, 0.2) is 0 Å². The monoisotopic (exact) mass is 473 g/mol. The van der Waals surface area contributed by atoms with Gasteiger partial charge < -0.3 is 15.9 Å². The molecule has 0 saturated carbocycles. The molecular weight excluding hydrogens is 446 g/mol. The van der Waals surface area contributed by atoms with Crippen molar-refractivity contribution in [1.29, 1.82) is 0 Å². The van der Waals surface area contributed by atoms with Gasteiger partial charge in [0.05, 0.1) is 25.3 Å². The molecule has 0 aromatic heterocycles. The second-order valence-corrected chi connectivity index (χ2v) is 7.82. The summed E-state index contributed by atoms with van der Waals surface area (Å²) in [5.74, 6) is 4.76. The third-order valence-electron chi connectivity index (χ3n) is 4.61. The van der Waals surface area contributed by atoms with Gasteiger partial charge in [0.1, 0.15) is 0 Å². The number of ether oxygens (including phenoxy) is 1. The normalized spacial score (nSPS) is 11.9. The molecule has 0 fully saturated rings. The van der Waals surface area contributed by atoms with Crippen LogP contribution in [0.1, 0.15) is 55.3 Å². The van der Waals surface area contributed by atoms with E-state index in [-0.39, 0.29) is 18.3 Å². The molecule has 160 valence electrons. The number of hydrogen-bond donors (Lipinski definition) is 2. The predicted molar refractivity (Wildman–Crippen MR) is 122 cm³/mol. The Morgan fingerprint density at radius 1 is 1.13 bits per heavy atom. The zero-order valence-corrected chi connectivity index (χ0v) is 18.7. The lowest BCUT2D eigenvalue weighted by Crippen LogP contribution is -2.30. The summed E-state index contributed by atoms with van der Waals surface area (Å²) in [6.45, 7) is 2.09. The number of nitrogens with two attached hydrogens (primary N) is 1. The zero-order chi connectivity index (χ0) is 21.8. The first-order valence-electron chi connectivity index (χ1n) is 10.0. The Kier molecular flexibility index (Phi) is 10.1. The number of nitrogens with one attached hydrogen (secondary N) is 1. The fourth-order valence-corrected chi connectivity index (χ4v) is 3.34. The van der Waals surface area contributed by atoms with Gasteiger partial charge in [-0.3, -0.25) is 9.59 Å². The van der Waals surface area contributed by atoms with E-state index in [1.54, 1.807) is 13.1 Å². The fraction of sp³-hybridized carbons (Fsp3) is 0.348. The number of benzene rings is 2. The van der Waals surface area contributed by atoms with Crippen molar-refractivity contribution in [3.05, 3.63) is 69.7 Å². The largest absolute Gasteiger partial charge is 0.466 e. The van der Waals surface area contributed by atoms with Crippen molar-refractivity contribution in [2.24, 2.45) is 10.9 Å². The Morgan fingerprint density at radius 2 is 1.83 bits per heavy atom. The molecule has 1 atom stereocenters. The fourth-order valence-electron chi connectivity index (χ4n) is 3.07. The Balaban J connectivity index is 1.84. The number of rotatable bonds is 11. The number of esters is 1. The van der Waals surface area contributed by atoms with Crippen LogP contribution in [0.25, 0.3) is 0 Å². The quantitative estimate of drug-likeness (QED) is 0.167. The summed E-state index contributed by atoms with van der Waals surface area (Å²) in [5, 5.41) is 6.49. The van der Waals surface area contributed by atoms with Crippen LogP contribution < -0.4 is 11.2 Å². The van der Waals surface area contributed by atoms with E-state index in [2.05, 4.69) is 26.3 Å². The second-order valence-electron chi connectivity index (χ2n) is 6.91. The molecule has 0 bridgehead atoms. The highest BCUT2D eigenvalue weighted by molar-refractivity contribution is 9.10. The minimum atomic E-state index is -0.401. The third-order valence-corrected chi connectivity index (χ3v) is 5.13. The highest BCUT2D eigenvalue weighted by Crippen LogP contribution is 2.21. The van der Waals surface area contributed by atoms with Gasteiger partial charge in [-0.1, -0.05) is 52.3 Å². The van der Waals surface area contributed by atoms with Crippen LogP contribution in [0.3, 0.4) is 0 Å². The van der Waals surface area contributed by atoms with E-state index < -0.39 is 6.04 Å². The molecule has 2 aromatic rings. The van der Waals surface area contributed by atoms with Crippen LogP contribution in [-0.4, -0.2) is 24.7 Å². The molecule has 6 nitrogen and oxygen atoms in total. The lowest BCUT2D eigenvalue weighted by atomic mass is 10.0. The number of hydrazone groups is 1. The molecule has 0 spiro atoms. The first-order chi connectivity index (χ1) is 14.5. The SMILES string of the molecule is CCOC(=O)CC(NC(=O)CCCCc1ccc(C=NN)cc1)c1ccc(Br)cc1. The van der Waals surface area contributed by atoms with Crippen molar-refractivity contribution < 1.29 is 14.3 Å². The van der Waals surface area contributed by atoms with Crippen molar-refractivity contribution >= 4 is 34.0 Å². The number of hydrogen-bond acceptors (Lipinski definition) is 5. The molecule has 3 N–H and O–H groups in total. The van der Waals surface area contributed by atoms with E-state index in [0.29, 0.717) is 13.0 Å². The van der Waals surface area contributed by atoms with E-state index in [1.807, 2.05) is 48.5 Å². The van der Waals surface area contributed by atoms with Crippen molar-refractivity contribution in [2.75, 3.05) is 6.61 Å². The van der Waals surface area contributed by atoms with Crippen molar-refractivity contribution in [3.63, 3.8) is 0 Å². The number of carbonyl (C=O) groups is 2. The summed E-state index contributed by atoms with van der Waals surface area (Å²) in [6, 6.07) is 15.2. The number of aryl methyl sites for hydroxylation is 1. The standard InChI is InChI=1S/C23H28BrN3O3/c1-2-30-23(29)15-21(19-11-13-20(24)14-12-19)27-22(28)6-4-3-5-17-7-9-18(10-8-17)16-26-25/h7-14,16,21H,2-6,15,25H2,1H3,(H,27,28). The Morgan fingerprint density at radius 3 is 2.47 bits per heavy atom. The summed E-state index contributed by atoms with van der Waals surface area (Å²) < 4.78 is 6.00. The van der Waals surface area contributed by atoms with Gasteiger partial charge in [0.2, 0.25) is 5.91 Å². The summed E-state index contributed by atoms with van der Waals surface area (Å²) in [5.41, 5.74) is 3.04. The first-order valence-corrected chi connectivity index (χ1v) is 10.8. The van der Waals surface area contributed by atoms with Gasteiger partial charge in [0, 0.05) is 10.9 Å². The lowest BCUT2D eigenvalue weighted by molar-refractivity contribution is -0.143. The highest BCUT2D eigenvalue weighted by atomic mass is 79.9.